The molecule has 12 heteroatoms. The van der Waals surface area contributed by atoms with Gasteiger partial charge in [-0.25, -0.2) is 9.59 Å². The van der Waals surface area contributed by atoms with Gasteiger partial charge >= 0.3 is 12.1 Å². The lowest BCUT2D eigenvalue weighted by Gasteiger charge is -2.38. The SMILES string of the molecule is CCOC(=O)CO[C@@H]1CC[C@H]2CC[C@@H](C(=O)N[C@@H]3CCCc4ccccc43)N2C(=O)[C@@H](NC(=O)[C@H](C)N(C)C(=O)OC(C)(C)C)C1. The van der Waals surface area contributed by atoms with Crippen molar-refractivity contribution in [3.8, 4) is 0 Å². The van der Waals surface area contributed by atoms with Crippen LogP contribution in [0.25, 0.3) is 0 Å². The predicted octanol–water partition coefficient (Wildman–Crippen LogP) is 3.41. The zero-order chi connectivity index (χ0) is 33.6. The van der Waals surface area contributed by atoms with Crippen LogP contribution >= 0.6 is 0 Å². The Morgan fingerprint density at radius 3 is 2.46 bits per heavy atom. The molecule has 0 radical (unpaired) electrons. The first-order valence-electron chi connectivity index (χ1n) is 16.5. The number of nitrogens with one attached hydrogen (secondary N) is 2. The van der Waals surface area contributed by atoms with E-state index in [2.05, 4.69) is 22.8 Å². The van der Waals surface area contributed by atoms with E-state index >= 15 is 0 Å². The molecule has 2 fully saturated rings. The summed E-state index contributed by atoms with van der Waals surface area (Å²) in [4.78, 5) is 69.1. The summed E-state index contributed by atoms with van der Waals surface area (Å²) in [6, 6.07) is 5.11. The van der Waals surface area contributed by atoms with Crippen molar-refractivity contribution in [1.82, 2.24) is 20.4 Å². The highest BCUT2D eigenvalue weighted by atomic mass is 16.6. The number of ether oxygens (including phenoxy) is 3. The van der Waals surface area contributed by atoms with Crippen molar-refractivity contribution in [3.05, 3.63) is 35.4 Å². The number of rotatable bonds is 9. The fourth-order valence-corrected chi connectivity index (χ4v) is 6.59. The van der Waals surface area contributed by atoms with Gasteiger partial charge < -0.3 is 29.7 Å². The van der Waals surface area contributed by atoms with Crippen LogP contribution in [0, 0.1) is 0 Å². The summed E-state index contributed by atoms with van der Waals surface area (Å²) >= 11 is 0. The van der Waals surface area contributed by atoms with Gasteiger partial charge in [0.05, 0.1) is 18.8 Å². The maximum atomic E-state index is 14.3. The molecule has 1 aromatic carbocycles. The largest absolute Gasteiger partial charge is 0.464 e. The Labute approximate surface area is 271 Å². The van der Waals surface area contributed by atoms with Gasteiger partial charge in [-0.05, 0) is 90.7 Å². The number of carbonyl (C=O) groups is 5. The number of hydrogen-bond donors (Lipinski definition) is 2. The highest BCUT2D eigenvalue weighted by molar-refractivity contribution is 5.94. The molecule has 254 valence electrons. The molecule has 2 heterocycles. The molecule has 12 nitrogen and oxygen atoms in total. The molecule has 0 aromatic heterocycles. The summed E-state index contributed by atoms with van der Waals surface area (Å²) in [7, 11) is 1.46. The van der Waals surface area contributed by atoms with Gasteiger partial charge in [-0.15, -0.1) is 0 Å². The zero-order valence-electron chi connectivity index (χ0n) is 28.0. The summed E-state index contributed by atoms with van der Waals surface area (Å²) in [5, 5.41) is 6.06. The van der Waals surface area contributed by atoms with Crippen molar-refractivity contribution in [1.29, 1.82) is 0 Å². The lowest BCUT2D eigenvalue weighted by atomic mass is 9.87. The minimum Gasteiger partial charge on any atom is -0.464 e. The molecule has 2 saturated heterocycles. The van der Waals surface area contributed by atoms with E-state index in [4.69, 9.17) is 14.2 Å². The third-order valence-corrected chi connectivity index (χ3v) is 9.06. The summed E-state index contributed by atoms with van der Waals surface area (Å²) in [6.45, 7) is 8.42. The molecule has 2 aliphatic heterocycles. The van der Waals surface area contributed by atoms with E-state index in [0.29, 0.717) is 25.7 Å². The van der Waals surface area contributed by atoms with Gasteiger partial charge in [0, 0.05) is 19.5 Å². The van der Waals surface area contributed by atoms with Crippen molar-refractivity contribution in [2.45, 2.75) is 128 Å². The molecule has 0 spiro atoms. The van der Waals surface area contributed by atoms with Crippen molar-refractivity contribution >= 4 is 29.8 Å². The molecule has 4 rings (SSSR count). The molecule has 2 N–H and O–H groups in total. The first-order chi connectivity index (χ1) is 21.8. The molecule has 0 bridgehead atoms. The van der Waals surface area contributed by atoms with Crippen molar-refractivity contribution in [2.75, 3.05) is 20.3 Å². The van der Waals surface area contributed by atoms with Crippen molar-refractivity contribution in [3.63, 3.8) is 0 Å². The molecule has 4 amide bonds. The number of nitrogens with zero attached hydrogens (tertiary/aromatic N) is 2. The van der Waals surface area contributed by atoms with Gasteiger partial charge in [-0.1, -0.05) is 24.3 Å². The average Bonchev–Trinajstić information content (AvgIpc) is 3.43. The molecule has 6 atom stereocenters. The molecular weight excluding hydrogens is 592 g/mol. The number of fused-ring (bicyclic) bond motifs is 2. The van der Waals surface area contributed by atoms with Crippen LogP contribution in [0.15, 0.2) is 24.3 Å². The van der Waals surface area contributed by atoms with Crippen LogP contribution in [0.5, 0.6) is 0 Å². The average molecular weight is 643 g/mol. The normalized spacial score (nSPS) is 25.2. The maximum Gasteiger partial charge on any atom is 0.410 e. The minimum absolute atomic E-state index is 0.0976. The molecule has 46 heavy (non-hydrogen) atoms. The standard InChI is InChI=1S/C34H50N4O8/c1-7-44-29(39)20-45-24-17-15-23-16-18-28(31(41)35-26-14-10-12-22-11-8-9-13-25(22)26)38(23)32(42)27(19-24)36-30(40)21(2)37(6)33(43)46-34(3,4)5/h8-9,11,13,21,23-24,26-28H,7,10,12,14-20H2,1-6H3,(H,35,41)(H,36,40)/t21-,23-,24+,26+,27-,28-/m0/s1. The van der Waals surface area contributed by atoms with Gasteiger partial charge in [-0.2, -0.15) is 0 Å². The van der Waals surface area contributed by atoms with Gasteiger partial charge in [0.15, 0.2) is 0 Å². The predicted molar refractivity (Wildman–Crippen MR) is 170 cm³/mol. The van der Waals surface area contributed by atoms with E-state index in [1.165, 1.54) is 17.5 Å². The van der Waals surface area contributed by atoms with E-state index in [-0.39, 0.29) is 43.5 Å². The monoisotopic (exact) mass is 642 g/mol. The lowest BCUT2D eigenvalue weighted by molar-refractivity contribution is -0.153. The smallest absolute Gasteiger partial charge is 0.410 e. The van der Waals surface area contributed by atoms with Gasteiger partial charge in [0.1, 0.15) is 30.3 Å². The second kappa shape index (κ2) is 15.3. The summed E-state index contributed by atoms with van der Waals surface area (Å²) in [5.41, 5.74) is 1.60. The quantitative estimate of drug-likeness (QED) is 0.390. The summed E-state index contributed by atoms with van der Waals surface area (Å²) < 4.78 is 16.3. The lowest BCUT2D eigenvalue weighted by Crippen LogP contribution is -2.59. The van der Waals surface area contributed by atoms with Crippen LogP contribution in [0.3, 0.4) is 0 Å². The maximum absolute atomic E-state index is 14.3. The van der Waals surface area contributed by atoms with Gasteiger partial charge in [-0.3, -0.25) is 19.3 Å². The van der Waals surface area contributed by atoms with E-state index in [1.54, 1.807) is 39.5 Å². The van der Waals surface area contributed by atoms with Gasteiger partial charge in [0.25, 0.3) is 0 Å². The minimum atomic E-state index is -1.04. The number of hydrogen-bond acceptors (Lipinski definition) is 8. The molecule has 0 saturated carbocycles. The topological polar surface area (TPSA) is 144 Å². The second-order valence-corrected chi connectivity index (χ2v) is 13.5. The third kappa shape index (κ3) is 8.77. The Balaban J connectivity index is 1.52. The number of likely N-dealkylation sites (N-methyl/N-ethyl adjacent to an activating group) is 1. The molecule has 0 unspecified atom stereocenters. The van der Waals surface area contributed by atoms with Gasteiger partial charge in [0.2, 0.25) is 17.7 Å². The van der Waals surface area contributed by atoms with Crippen LogP contribution in [0.4, 0.5) is 4.79 Å². The molecule has 1 aliphatic carbocycles. The van der Waals surface area contributed by atoms with Crippen LogP contribution in [0.1, 0.15) is 96.7 Å². The second-order valence-electron chi connectivity index (χ2n) is 13.5. The Morgan fingerprint density at radius 1 is 1.02 bits per heavy atom. The first-order valence-corrected chi connectivity index (χ1v) is 16.5. The highest BCUT2D eigenvalue weighted by Gasteiger charge is 2.46. The van der Waals surface area contributed by atoms with E-state index in [0.717, 1.165) is 24.8 Å². The molecule has 3 aliphatic rings. The third-order valence-electron chi connectivity index (χ3n) is 9.06. The van der Waals surface area contributed by atoms with Crippen molar-refractivity contribution < 1.29 is 38.2 Å². The summed E-state index contributed by atoms with van der Waals surface area (Å²) in [6.07, 6.45) is 3.94. The number of amides is 4. The summed E-state index contributed by atoms with van der Waals surface area (Å²) in [5.74, 6) is -1.63. The van der Waals surface area contributed by atoms with E-state index < -0.39 is 47.8 Å². The molecule has 1 aromatic rings. The highest BCUT2D eigenvalue weighted by Crippen LogP contribution is 2.34. The number of benzene rings is 1. The Kier molecular flexibility index (Phi) is 11.7. The zero-order valence-corrected chi connectivity index (χ0v) is 28.0. The van der Waals surface area contributed by atoms with Crippen LogP contribution in [-0.2, 0) is 39.8 Å². The van der Waals surface area contributed by atoms with Crippen molar-refractivity contribution in [2.24, 2.45) is 0 Å². The molecular formula is C34H50N4O8. The Hall–Kier alpha value is -3.67. The van der Waals surface area contributed by atoms with E-state index in [1.807, 2.05) is 12.1 Å². The first kappa shape index (κ1) is 35.2. The van der Waals surface area contributed by atoms with E-state index in [9.17, 15) is 24.0 Å². The number of aryl methyl sites for hydroxylation is 1. The Bertz CT molecular complexity index is 1280. The fraction of sp³-hybridized carbons (Fsp3) is 0.676. The number of carbonyl (C=O) groups excluding carboxylic acids is 5. The van der Waals surface area contributed by atoms with Crippen LogP contribution in [0.2, 0.25) is 0 Å². The number of esters is 1. The van der Waals surface area contributed by atoms with Crippen LogP contribution < -0.4 is 10.6 Å². The fourth-order valence-electron chi connectivity index (χ4n) is 6.59. The van der Waals surface area contributed by atoms with Crippen LogP contribution in [-0.4, -0.2) is 95.7 Å². The Morgan fingerprint density at radius 2 is 1.74 bits per heavy atom.